The van der Waals surface area contributed by atoms with Crippen molar-refractivity contribution in [2.24, 2.45) is 0 Å². The van der Waals surface area contributed by atoms with E-state index in [9.17, 15) is 0 Å². The van der Waals surface area contributed by atoms with Crippen molar-refractivity contribution >= 4 is 89.8 Å². The number of benzene rings is 9. The Labute approximate surface area is 349 Å². The van der Waals surface area contributed by atoms with Crippen molar-refractivity contribution in [3.8, 4) is 11.1 Å². The topological polar surface area (TPSA) is 12.1 Å². The summed E-state index contributed by atoms with van der Waals surface area (Å²) in [5.74, 6) is 0. The van der Waals surface area contributed by atoms with Crippen LogP contribution in [0.2, 0.25) is 0 Å². The minimum atomic E-state index is -2.72. The average Bonchev–Trinajstić information content (AvgIpc) is 3.97. The molecule has 0 radical (unpaired) electrons. The quantitative estimate of drug-likeness (QED) is 0.110. The van der Waals surface area contributed by atoms with Crippen molar-refractivity contribution in [1.29, 1.82) is 0 Å². The summed E-state index contributed by atoms with van der Waals surface area (Å²) in [6.07, 6.45) is 0. The zero-order chi connectivity index (χ0) is 39.6. The lowest BCUT2D eigenvalue weighted by atomic mass is 10.0. The van der Waals surface area contributed by atoms with Crippen LogP contribution in [0.15, 0.2) is 237 Å². The van der Waals surface area contributed by atoms with Gasteiger partial charge in [0.05, 0.1) is 27.8 Å². The number of rotatable bonds is 8. The highest BCUT2D eigenvalue weighted by Crippen LogP contribution is 2.47. The van der Waals surface area contributed by atoms with Gasteiger partial charge in [0.25, 0.3) is 0 Å². The van der Waals surface area contributed by atoms with Crippen LogP contribution in [-0.4, -0.2) is 16.9 Å². The van der Waals surface area contributed by atoms with Crippen LogP contribution in [0.1, 0.15) is 0 Å². The van der Waals surface area contributed by atoms with Crippen molar-refractivity contribution < 1.29 is 0 Å². The highest BCUT2D eigenvalue weighted by molar-refractivity contribution is 7.19. The first-order valence-electron chi connectivity index (χ1n) is 20.7. The van der Waals surface area contributed by atoms with E-state index < -0.39 is 8.07 Å². The van der Waals surface area contributed by atoms with E-state index in [1.807, 2.05) is 0 Å². The van der Waals surface area contributed by atoms with E-state index in [-0.39, 0.29) is 0 Å². The number of nitrogens with zero attached hydrogens (tertiary/aromatic N) is 3. The Hall–Kier alpha value is -7.66. The molecule has 3 aromatic heterocycles. The van der Waals surface area contributed by atoms with Crippen molar-refractivity contribution in [3.05, 3.63) is 237 Å². The third-order valence-corrected chi connectivity index (χ3v) is 17.4. The van der Waals surface area contributed by atoms with Gasteiger partial charge in [-0.1, -0.05) is 182 Å². The number of anilines is 3. The second-order valence-electron chi connectivity index (χ2n) is 15.7. The largest absolute Gasteiger partial charge is 0.310 e. The Morgan fingerprint density at radius 1 is 0.300 bits per heavy atom. The van der Waals surface area contributed by atoms with Gasteiger partial charge in [0.15, 0.2) is 8.07 Å². The van der Waals surface area contributed by atoms with Gasteiger partial charge in [-0.2, -0.15) is 0 Å². The molecule has 0 atom stereocenters. The van der Waals surface area contributed by atoms with Crippen LogP contribution in [0.5, 0.6) is 0 Å². The number of aromatic nitrogens is 2. The third kappa shape index (κ3) is 5.01. The fourth-order valence-corrected chi connectivity index (χ4v) is 14.8. The zero-order valence-electron chi connectivity index (χ0n) is 32.9. The van der Waals surface area contributed by atoms with Crippen LogP contribution in [0.3, 0.4) is 0 Å². The summed E-state index contributed by atoms with van der Waals surface area (Å²) in [7, 11) is -2.72. The zero-order valence-corrected chi connectivity index (χ0v) is 33.9. The van der Waals surface area contributed by atoms with Crippen molar-refractivity contribution in [2.75, 3.05) is 4.90 Å². The molecule has 0 fully saturated rings. The SMILES string of the molecule is c1ccc(-c2ccc(N(c3ccc([Si](c4ccccc4)(c4ccccc4)c4ccccc4)cc3)c3cccc4c3c3c5ccccc5n5c6ccccc6n4c35)cc2)cc1. The van der Waals surface area contributed by atoms with Crippen molar-refractivity contribution in [2.45, 2.75) is 0 Å². The molecule has 12 rings (SSSR count). The Bertz CT molecular complexity index is 3340. The molecule has 60 heavy (non-hydrogen) atoms. The van der Waals surface area contributed by atoms with Gasteiger partial charge >= 0.3 is 0 Å². The first kappa shape index (κ1) is 34.4. The molecule has 0 saturated carbocycles. The van der Waals surface area contributed by atoms with Crippen LogP contribution in [0.4, 0.5) is 17.1 Å². The van der Waals surface area contributed by atoms with Crippen LogP contribution in [0.25, 0.3) is 55.0 Å². The normalized spacial score (nSPS) is 12.0. The lowest BCUT2D eigenvalue weighted by Crippen LogP contribution is -2.74. The highest BCUT2D eigenvalue weighted by atomic mass is 28.3. The molecule has 9 aromatic carbocycles. The van der Waals surface area contributed by atoms with E-state index in [2.05, 4.69) is 250 Å². The standard InChI is InChI=1S/C56H39N3Si/c1-5-18-40(19-6-1)41-32-34-42(35-33-41)57(52-30-17-31-53-55(52)54-48-26-13-14-27-49(48)58-50-28-15-16-29-51(50)59(53)56(54)58)43-36-38-47(39-37-43)60(44-20-7-2-8-21-44,45-22-9-3-10-23-45)46-24-11-4-12-25-46/h1-39H. The fraction of sp³-hybridized carbons (Fsp3) is 0. The molecular formula is C56H39N3Si. The van der Waals surface area contributed by atoms with Gasteiger partial charge in [0, 0.05) is 27.5 Å². The molecule has 0 aliphatic rings. The van der Waals surface area contributed by atoms with Crippen LogP contribution in [0, 0.1) is 0 Å². The van der Waals surface area contributed by atoms with Gasteiger partial charge in [-0.25, -0.2) is 0 Å². The van der Waals surface area contributed by atoms with E-state index in [0.29, 0.717) is 0 Å². The minimum Gasteiger partial charge on any atom is -0.310 e. The first-order chi connectivity index (χ1) is 29.8. The Morgan fingerprint density at radius 3 is 1.28 bits per heavy atom. The third-order valence-electron chi connectivity index (χ3n) is 12.6. The molecule has 0 aliphatic heterocycles. The summed E-state index contributed by atoms with van der Waals surface area (Å²) < 4.78 is 4.93. The number of hydrogen-bond acceptors (Lipinski definition) is 1. The summed E-state index contributed by atoms with van der Waals surface area (Å²) >= 11 is 0. The summed E-state index contributed by atoms with van der Waals surface area (Å²) in [5.41, 5.74) is 11.8. The van der Waals surface area contributed by atoms with E-state index >= 15 is 0 Å². The molecule has 0 amide bonds. The lowest BCUT2D eigenvalue weighted by molar-refractivity contribution is 1.28. The lowest BCUT2D eigenvalue weighted by Gasteiger charge is -2.35. The Morgan fingerprint density at radius 2 is 0.717 bits per heavy atom. The maximum atomic E-state index is 2.48. The van der Waals surface area contributed by atoms with Gasteiger partial charge in [-0.05, 0) is 86.5 Å². The van der Waals surface area contributed by atoms with E-state index in [1.165, 1.54) is 75.7 Å². The summed E-state index contributed by atoms with van der Waals surface area (Å²) in [5, 5.41) is 9.22. The van der Waals surface area contributed by atoms with Crippen molar-refractivity contribution in [1.82, 2.24) is 8.80 Å². The molecule has 4 heteroatoms. The Kier molecular flexibility index (Phi) is 7.87. The molecule has 12 aromatic rings. The van der Waals surface area contributed by atoms with Gasteiger partial charge < -0.3 is 4.90 Å². The molecule has 0 spiro atoms. The van der Waals surface area contributed by atoms with E-state index in [1.54, 1.807) is 0 Å². The first-order valence-corrected chi connectivity index (χ1v) is 22.7. The van der Waals surface area contributed by atoms with Gasteiger partial charge in [-0.15, -0.1) is 0 Å². The predicted octanol–water partition coefficient (Wildman–Crippen LogP) is 11.6. The maximum absolute atomic E-state index is 2.72. The fourth-order valence-electron chi connectivity index (χ4n) is 10.1. The molecular weight excluding hydrogens is 743 g/mol. The van der Waals surface area contributed by atoms with Gasteiger partial charge in [-0.3, -0.25) is 8.80 Å². The second kappa shape index (κ2) is 13.7. The molecule has 3 nitrogen and oxygen atoms in total. The van der Waals surface area contributed by atoms with E-state index in [4.69, 9.17) is 0 Å². The van der Waals surface area contributed by atoms with E-state index in [0.717, 1.165) is 17.1 Å². The van der Waals surface area contributed by atoms with Crippen molar-refractivity contribution in [3.63, 3.8) is 0 Å². The number of fused-ring (bicyclic) bond motifs is 9. The van der Waals surface area contributed by atoms with Gasteiger partial charge in [0.1, 0.15) is 5.65 Å². The molecule has 0 unspecified atom stereocenters. The van der Waals surface area contributed by atoms with Crippen LogP contribution in [-0.2, 0) is 0 Å². The molecule has 0 bridgehead atoms. The average molecular weight is 782 g/mol. The number of hydrogen-bond donors (Lipinski definition) is 0. The monoisotopic (exact) mass is 781 g/mol. The molecule has 0 saturated heterocycles. The number of imidazole rings is 1. The molecule has 3 heterocycles. The summed E-state index contributed by atoms with van der Waals surface area (Å²) in [6, 6.07) is 87.3. The maximum Gasteiger partial charge on any atom is 0.179 e. The highest BCUT2D eigenvalue weighted by Gasteiger charge is 2.41. The smallest absolute Gasteiger partial charge is 0.179 e. The predicted molar refractivity (Wildman–Crippen MR) is 256 cm³/mol. The molecule has 0 aliphatic carbocycles. The van der Waals surface area contributed by atoms with Crippen LogP contribution >= 0.6 is 0 Å². The molecule has 0 N–H and O–H groups in total. The van der Waals surface area contributed by atoms with Gasteiger partial charge in [0.2, 0.25) is 0 Å². The summed E-state index contributed by atoms with van der Waals surface area (Å²) in [6.45, 7) is 0. The Balaban J connectivity index is 1.12. The minimum absolute atomic E-state index is 1.11. The number of para-hydroxylation sites is 3. The summed E-state index contributed by atoms with van der Waals surface area (Å²) in [4.78, 5) is 2.47. The second-order valence-corrected chi connectivity index (χ2v) is 19.5. The van der Waals surface area contributed by atoms with Crippen LogP contribution < -0.4 is 25.6 Å². The molecule has 282 valence electrons.